The van der Waals surface area contributed by atoms with E-state index in [0.717, 1.165) is 18.4 Å². The zero-order valence-corrected chi connectivity index (χ0v) is 17.0. The van der Waals surface area contributed by atoms with Crippen LogP contribution in [-0.4, -0.2) is 44.4 Å². The van der Waals surface area contributed by atoms with E-state index in [1.165, 1.54) is 24.3 Å². The fourth-order valence-electron chi connectivity index (χ4n) is 2.74. The molecule has 29 heavy (non-hydrogen) atoms. The number of hydrogen-bond donors (Lipinski definition) is 1. The fourth-order valence-corrected chi connectivity index (χ4v) is 4.05. The predicted molar refractivity (Wildman–Crippen MR) is 108 cm³/mol. The van der Waals surface area contributed by atoms with E-state index in [2.05, 4.69) is 4.72 Å². The molecule has 1 saturated carbocycles. The molecule has 0 radical (unpaired) electrons. The van der Waals surface area contributed by atoms with Gasteiger partial charge in [0.2, 0.25) is 10.0 Å². The van der Waals surface area contributed by atoms with Crippen LogP contribution in [0.1, 0.15) is 35.7 Å². The number of amides is 1. The lowest BCUT2D eigenvalue weighted by Gasteiger charge is -2.20. The summed E-state index contributed by atoms with van der Waals surface area (Å²) in [6, 6.07) is 15.1. The Morgan fingerprint density at radius 1 is 1.07 bits per heavy atom. The monoisotopic (exact) mass is 416 g/mol. The van der Waals surface area contributed by atoms with Crippen molar-refractivity contribution in [3.8, 4) is 0 Å². The van der Waals surface area contributed by atoms with Crippen LogP contribution in [0.25, 0.3) is 0 Å². The van der Waals surface area contributed by atoms with Gasteiger partial charge in [-0.3, -0.25) is 4.79 Å². The third-order valence-corrected chi connectivity index (χ3v) is 6.11. The molecule has 0 atom stereocenters. The van der Waals surface area contributed by atoms with E-state index < -0.39 is 16.0 Å². The number of esters is 1. The summed E-state index contributed by atoms with van der Waals surface area (Å²) in [5.74, 6) is -0.967. The summed E-state index contributed by atoms with van der Waals surface area (Å²) in [5, 5.41) is 0. The van der Waals surface area contributed by atoms with Crippen molar-refractivity contribution in [2.24, 2.45) is 0 Å². The van der Waals surface area contributed by atoms with Crippen LogP contribution in [-0.2, 0) is 26.1 Å². The van der Waals surface area contributed by atoms with Crippen LogP contribution in [0.15, 0.2) is 59.5 Å². The molecule has 1 N–H and O–H groups in total. The van der Waals surface area contributed by atoms with Crippen molar-refractivity contribution in [3.05, 3.63) is 65.7 Å². The summed E-state index contributed by atoms with van der Waals surface area (Å²) in [6.07, 6.45) is 1.69. The van der Waals surface area contributed by atoms with Gasteiger partial charge < -0.3 is 9.64 Å². The van der Waals surface area contributed by atoms with Gasteiger partial charge >= 0.3 is 5.97 Å². The Kier molecular flexibility index (Phi) is 6.66. The van der Waals surface area contributed by atoms with Gasteiger partial charge in [0.05, 0.1) is 10.5 Å². The number of benzene rings is 2. The number of carbonyl (C=O) groups is 2. The molecule has 7 nitrogen and oxygen atoms in total. The molecule has 1 aliphatic carbocycles. The van der Waals surface area contributed by atoms with E-state index in [-0.39, 0.29) is 29.0 Å². The van der Waals surface area contributed by atoms with Crippen molar-refractivity contribution in [3.63, 3.8) is 0 Å². The second-order valence-electron chi connectivity index (χ2n) is 6.89. The Hall–Kier alpha value is -2.71. The maximum Gasteiger partial charge on any atom is 0.338 e. The highest BCUT2D eigenvalue weighted by molar-refractivity contribution is 7.89. The predicted octanol–water partition coefficient (Wildman–Crippen LogP) is 2.33. The van der Waals surface area contributed by atoms with E-state index in [1.54, 1.807) is 4.90 Å². The van der Waals surface area contributed by atoms with Crippen LogP contribution in [0.4, 0.5) is 0 Å². The number of ether oxygens (including phenoxy) is 1. The summed E-state index contributed by atoms with van der Waals surface area (Å²) in [5.41, 5.74) is 1.18. The normalized spacial score (nSPS) is 13.7. The quantitative estimate of drug-likeness (QED) is 0.634. The number of likely N-dealkylation sites (N-methyl/N-ethyl adjacent to an activating group) is 1. The molecule has 3 rings (SSSR count). The number of sulfonamides is 1. The Balaban J connectivity index is 1.54. The lowest BCUT2D eigenvalue weighted by molar-refractivity contribution is -0.134. The average molecular weight is 416 g/mol. The third kappa shape index (κ3) is 5.88. The van der Waals surface area contributed by atoms with Crippen LogP contribution in [0.2, 0.25) is 0 Å². The van der Waals surface area contributed by atoms with Crippen LogP contribution in [0.5, 0.6) is 0 Å². The maximum absolute atomic E-state index is 12.4. The highest BCUT2D eigenvalue weighted by atomic mass is 32.2. The van der Waals surface area contributed by atoms with Crippen LogP contribution in [0.3, 0.4) is 0 Å². The minimum absolute atomic E-state index is 0.00746. The molecule has 1 aliphatic rings. The molecule has 0 aliphatic heterocycles. The van der Waals surface area contributed by atoms with Gasteiger partial charge in [0.1, 0.15) is 0 Å². The first-order valence-corrected chi connectivity index (χ1v) is 11.0. The molecule has 0 aromatic heterocycles. The molecule has 2 aromatic carbocycles. The van der Waals surface area contributed by atoms with E-state index in [9.17, 15) is 18.0 Å². The van der Waals surface area contributed by atoms with E-state index in [4.69, 9.17) is 4.74 Å². The SMILES string of the molecule is CCN(Cc1ccccc1)C(=O)COC(=O)c1ccc(S(=O)(=O)NC2CC2)cc1. The molecule has 0 heterocycles. The van der Waals surface area contributed by atoms with Crippen LogP contribution < -0.4 is 4.72 Å². The van der Waals surface area contributed by atoms with Gasteiger partial charge in [-0.2, -0.15) is 0 Å². The first kappa shape index (κ1) is 21.0. The highest BCUT2D eigenvalue weighted by Crippen LogP contribution is 2.22. The summed E-state index contributed by atoms with van der Waals surface area (Å²) in [7, 11) is -3.57. The zero-order chi connectivity index (χ0) is 20.9. The molecule has 0 unspecified atom stereocenters. The van der Waals surface area contributed by atoms with Crippen molar-refractivity contribution < 1.29 is 22.7 Å². The molecule has 1 amide bonds. The van der Waals surface area contributed by atoms with E-state index >= 15 is 0 Å². The third-order valence-electron chi connectivity index (χ3n) is 4.58. The van der Waals surface area contributed by atoms with Gasteiger partial charge in [0, 0.05) is 19.1 Å². The molecular formula is C21H24N2O5S. The summed E-state index contributed by atoms with van der Waals surface area (Å²) in [4.78, 5) is 26.3. The second kappa shape index (κ2) is 9.19. The number of carbonyl (C=O) groups excluding carboxylic acids is 2. The molecule has 0 bridgehead atoms. The first-order chi connectivity index (χ1) is 13.9. The summed E-state index contributed by atoms with van der Waals surface area (Å²) >= 11 is 0. The Bertz CT molecular complexity index is 954. The molecule has 154 valence electrons. The molecule has 2 aromatic rings. The minimum Gasteiger partial charge on any atom is -0.452 e. The smallest absolute Gasteiger partial charge is 0.338 e. The highest BCUT2D eigenvalue weighted by Gasteiger charge is 2.28. The second-order valence-corrected chi connectivity index (χ2v) is 8.60. The summed E-state index contributed by atoms with van der Waals surface area (Å²) < 4.78 is 32.0. The number of rotatable bonds is 9. The van der Waals surface area contributed by atoms with Gasteiger partial charge in [-0.05, 0) is 49.6 Å². The molecule has 1 fully saturated rings. The van der Waals surface area contributed by atoms with E-state index in [0.29, 0.717) is 13.1 Å². The number of nitrogens with one attached hydrogen (secondary N) is 1. The minimum atomic E-state index is -3.57. The van der Waals surface area contributed by atoms with Crippen molar-refractivity contribution in [2.45, 2.75) is 37.2 Å². The van der Waals surface area contributed by atoms with Crippen molar-refractivity contribution in [1.82, 2.24) is 9.62 Å². The number of hydrogen-bond acceptors (Lipinski definition) is 5. The average Bonchev–Trinajstić information content (AvgIpc) is 3.54. The molecule has 8 heteroatoms. The maximum atomic E-state index is 12.4. The largest absolute Gasteiger partial charge is 0.452 e. The number of nitrogens with zero attached hydrogens (tertiary/aromatic N) is 1. The van der Waals surface area contributed by atoms with Gasteiger partial charge in [0.15, 0.2) is 6.61 Å². The molecule has 0 spiro atoms. The Morgan fingerprint density at radius 3 is 2.31 bits per heavy atom. The van der Waals surface area contributed by atoms with Gasteiger partial charge in [-0.25, -0.2) is 17.9 Å². The Morgan fingerprint density at radius 2 is 1.72 bits per heavy atom. The van der Waals surface area contributed by atoms with Gasteiger partial charge in [-0.15, -0.1) is 0 Å². The summed E-state index contributed by atoms with van der Waals surface area (Å²) in [6.45, 7) is 2.42. The fraction of sp³-hybridized carbons (Fsp3) is 0.333. The van der Waals surface area contributed by atoms with E-state index in [1.807, 2.05) is 37.3 Å². The molecule has 0 saturated heterocycles. The lowest BCUT2D eigenvalue weighted by Crippen LogP contribution is -2.34. The van der Waals surface area contributed by atoms with Crippen molar-refractivity contribution in [2.75, 3.05) is 13.2 Å². The van der Waals surface area contributed by atoms with Crippen LogP contribution >= 0.6 is 0 Å². The van der Waals surface area contributed by atoms with Gasteiger partial charge in [-0.1, -0.05) is 30.3 Å². The first-order valence-electron chi connectivity index (χ1n) is 9.50. The molecular weight excluding hydrogens is 392 g/mol. The van der Waals surface area contributed by atoms with Crippen LogP contribution in [0, 0.1) is 0 Å². The topological polar surface area (TPSA) is 92.8 Å². The van der Waals surface area contributed by atoms with Gasteiger partial charge in [0.25, 0.3) is 5.91 Å². The van der Waals surface area contributed by atoms with Crippen molar-refractivity contribution >= 4 is 21.9 Å². The standard InChI is InChI=1S/C21H24N2O5S/c1-2-23(14-16-6-4-3-5-7-16)20(24)15-28-21(25)17-8-12-19(13-9-17)29(26,27)22-18-10-11-18/h3-9,12-13,18,22H,2,10-11,14-15H2,1H3. The Labute approximate surface area is 170 Å². The lowest BCUT2D eigenvalue weighted by atomic mass is 10.2. The van der Waals surface area contributed by atoms with Crippen molar-refractivity contribution in [1.29, 1.82) is 0 Å². The zero-order valence-electron chi connectivity index (χ0n) is 16.2.